The number of benzene rings is 1. The lowest BCUT2D eigenvalue weighted by Crippen LogP contribution is -2.49. The van der Waals surface area contributed by atoms with Crippen LogP contribution in [0.1, 0.15) is 25.8 Å². The van der Waals surface area contributed by atoms with Crippen LogP contribution in [0.3, 0.4) is 0 Å². The first-order chi connectivity index (χ1) is 11.6. The Hall–Kier alpha value is -2.61. The summed E-state index contributed by atoms with van der Waals surface area (Å²) in [5, 5.41) is 10.4. The molecule has 2 aromatic rings. The maximum absolute atomic E-state index is 12.2. The number of hydrogen-bond donors (Lipinski definition) is 0. The van der Waals surface area contributed by atoms with E-state index < -0.39 is 0 Å². The van der Waals surface area contributed by atoms with Gasteiger partial charge in [0.15, 0.2) is 0 Å². The monoisotopic (exact) mass is 322 g/mol. The number of rotatable bonds is 3. The van der Waals surface area contributed by atoms with E-state index in [4.69, 9.17) is 0 Å². The zero-order valence-corrected chi connectivity index (χ0v) is 14.2. The van der Waals surface area contributed by atoms with Gasteiger partial charge in [-0.05, 0) is 18.1 Å². The summed E-state index contributed by atoms with van der Waals surface area (Å²) in [7, 11) is 0. The van der Waals surface area contributed by atoms with Crippen LogP contribution in [0.5, 0.6) is 0 Å². The molecule has 1 fully saturated rings. The zero-order valence-electron chi connectivity index (χ0n) is 14.2. The lowest BCUT2D eigenvalue weighted by molar-refractivity contribution is -0.132. The average Bonchev–Trinajstić information content (AvgIpc) is 2.60. The third-order valence-electron chi connectivity index (χ3n) is 4.34. The Morgan fingerprint density at radius 3 is 2.62 bits per heavy atom. The maximum atomic E-state index is 12.2. The van der Waals surface area contributed by atoms with Crippen LogP contribution in [-0.2, 0) is 4.79 Å². The Kier molecular flexibility index (Phi) is 4.66. The molecule has 0 radical (unpaired) electrons. The van der Waals surface area contributed by atoms with Crippen LogP contribution in [0.25, 0.3) is 10.9 Å². The fourth-order valence-electron chi connectivity index (χ4n) is 3.08. The van der Waals surface area contributed by atoms with Gasteiger partial charge in [-0.15, -0.1) is 0 Å². The molecule has 0 aliphatic carbocycles. The third kappa shape index (κ3) is 3.33. The largest absolute Gasteiger partial charge is 0.352 e. The van der Waals surface area contributed by atoms with E-state index in [1.165, 1.54) is 0 Å². The van der Waals surface area contributed by atoms with Crippen molar-refractivity contribution in [3.8, 4) is 6.07 Å². The fourth-order valence-corrected chi connectivity index (χ4v) is 3.08. The number of piperazine rings is 1. The van der Waals surface area contributed by atoms with Crippen molar-refractivity contribution in [1.29, 1.82) is 5.26 Å². The SMILES string of the molecule is CC(C)CC(=O)N1CCN(c2nc3ccccc3cc2C#N)CC1. The number of fused-ring (bicyclic) bond motifs is 1. The van der Waals surface area contributed by atoms with E-state index in [0.29, 0.717) is 44.1 Å². The molecular formula is C19H22N4O. The van der Waals surface area contributed by atoms with Crippen LogP contribution in [0.2, 0.25) is 0 Å². The molecule has 1 aromatic carbocycles. The fraction of sp³-hybridized carbons (Fsp3) is 0.421. The van der Waals surface area contributed by atoms with E-state index in [-0.39, 0.29) is 5.91 Å². The molecule has 0 bridgehead atoms. The molecule has 1 aliphatic rings. The van der Waals surface area contributed by atoms with Gasteiger partial charge in [-0.25, -0.2) is 4.98 Å². The van der Waals surface area contributed by atoms with Gasteiger partial charge in [0, 0.05) is 38.0 Å². The van der Waals surface area contributed by atoms with Crippen molar-refractivity contribution >= 4 is 22.6 Å². The van der Waals surface area contributed by atoms with Crippen molar-refractivity contribution < 1.29 is 4.79 Å². The van der Waals surface area contributed by atoms with Crippen LogP contribution in [0, 0.1) is 17.2 Å². The highest BCUT2D eigenvalue weighted by molar-refractivity contribution is 5.83. The molecule has 1 saturated heterocycles. The van der Waals surface area contributed by atoms with Gasteiger partial charge in [0.05, 0.1) is 11.1 Å². The van der Waals surface area contributed by atoms with Gasteiger partial charge >= 0.3 is 0 Å². The number of pyridine rings is 1. The Morgan fingerprint density at radius 1 is 1.25 bits per heavy atom. The van der Waals surface area contributed by atoms with E-state index in [1.807, 2.05) is 35.2 Å². The number of aromatic nitrogens is 1. The highest BCUT2D eigenvalue weighted by atomic mass is 16.2. The maximum Gasteiger partial charge on any atom is 0.222 e. The summed E-state index contributed by atoms with van der Waals surface area (Å²) < 4.78 is 0. The Labute approximate surface area is 142 Å². The van der Waals surface area contributed by atoms with Gasteiger partial charge in [-0.1, -0.05) is 32.0 Å². The predicted molar refractivity (Wildman–Crippen MR) is 94.7 cm³/mol. The normalized spacial score (nSPS) is 14.9. The molecule has 3 rings (SSSR count). The van der Waals surface area contributed by atoms with E-state index in [1.54, 1.807) is 0 Å². The van der Waals surface area contributed by atoms with Gasteiger partial charge in [0.25, 0.3) is 0 Å². The molecular weight excluding hydrogens is 300 g/mol. The molecule has 124 valence electrons. The Balaban J connectivity index is 1.78. The second kappa shape index (κ2) is 6.88. The standard InChI is InChI=1S/C19H22N4O/c1-14(2)11-18(24)22-7-9-23(10-8-22)19-16(13-20)12-15-5-3-4-6-17(15)21-19/h3-6,12,14H,7-11H2,1-2H3. The van der Waals surface area contributed by atoms with Crippen LogP contribution in [-0.4, -0.2) is 42.0 Å². The minimum Gasteiger partial charge on any atom is -0.352 e. The van der Waals surface area contributed by atoms with Gasteiger partial charge in [-0.3, -0.25) is 4.79 Å². The number of para-hydroxylation sites is 1. The molecule has 1 aromatic heterocycles. The number of nitriles is 1. The Bertz CT molecular complexity index is 786. The van der Waals surface area contributed by atoms with E-state index >= 15 is 0 Å². The lowest BCUT2D eigenvalue weighted by Gasteiger charge is -2.36. The molecule has 1 amide bonds. The molecule has 0 unspecified atom stereocenters. The van der Waals surface area contributed by atoms with Crippen molar-refractivity contribution in [3.63, 3.8) is 0 Å². The van der Waals surface area contributed by atoms with Gasteiger partial charge in [0.2, 0.25) is 5.91 Å². The summed E-state index contributed by atoms with van der Waals surface area (Å²) in [6.07, 6.45) is 0.595. The molecule has 2 heterocycles. The second-order valence-electron chi connectivity index (χ2n) is 6.63. The van der Waals surface area contributed by atoms with Crippen molar-refractivity contribution in [2.75, 3.05) is 31.1 Å². The molecule has 0 N–H and O–H groups in total. The van der Waals surface area contributed by atoms with E-state index in [9.17, 15) is 10.1 Å². The number of amides is 1. The number of hydrogen-bond acceptors (Lipinski definition) is 4. The van der Waals surface area contributed by atoms with E-state index in [2.05, 4.69) is 29.8 Å². The number of carbonyl (C=O) groups is 1. The van der Waals surface area contributed by atoms with Crippen LogP contribution >= 0.6 is 0 Å². The quantitative estimate of drug-likeness (QED) is 0.872. The summed E-state index contributed by atoms with van der Waals surface area (Å²) in [6, 6.07) is 12.0. The summed E-state index contributed by atoms with van der Waals surface area (Å²) >= 11 is 0. The average molecular weight is 322 g/mol. The molecule has 5 nitrogen and oxygen atoms in total. The number of nitrogens with zero attached hydrogens (tertiary/aromatic N) is 4. The molecule has 24 heavy (non-hydrogen) atoms. The molecule has 5 heteroatoms. The van der Waals surface area contributed by atoms with E-state index in [0.717, 1.165) is 16.7 Å². The van der Waals surface area contributed by atoms with Gasteiger partial charge in [-0.2, -0.15) is 5.26 Å². The van der Waals surface area contributed by atoms with Crippen LogP contribution in [0.15, 0.2) is 30.3 Å². The highest BCUT2D eigenvalue weighted by Gasteiger charge is 2.24. The van der Waals surface area contributed by atoms with Crippen LogP contribution < -0.4 is 4.90 Å². The first-order valence-corrected chi connectivity index (χ1v) is 8.41. The minimum atomic E-state index is 0.219. The van der Waals surface area contributed by atoms with Crippen molar-refractivity contribution in [1.82, 2.24) is 9.88 Å². The van der Waals surface area contributed by atoms with Gasteiger partial charge < -0.3 is 9.80 Å². The van der Waals surface area contributed by atoms with Crippen molar-refractivity contribution in [2.24, 2.45) is 5.92 Å². The zero-order chi connectivity index (χ0) is 17.1. The van der Waals surface area contributed by atoms with Crippen molar-refractivity contribution in [3.05, 3.63) is 35.9 Å². The van der Waals surface area contributed by atoms with Crippen molar-refractivity contribution in [2.45, 2.75) is 20.3 Å². The second-order valence-corrected chi connectivity index (χ2v) is 6.63. The minimum absolute atomic E-state index is 0.219. The highest BCUT2D eigenvalue weighted by Crippen LogP contribution is 2.24. The molecule has 0 atom stereocenters. The smallest absolute Gasteiger partial charge is 0.222 e. The topological polar surface area (TPSA) is 60.2 Å². The third-order valence-corrected chi connectivity index (χ3v) is 4.34. The predicted octanol–water partition coefficient (Wildman–Crippen LogP) is 2.80. The van der Waals surface area contributed by atoms with Gasteiger partial charge in [0.1, 0.15) is 11.9 Å². The molecule has 0 saturated carbocycles. The summed E-state index contributed by atoms with van der Waals surface area (Å²) in [5.74, 6) is 1.33. The molecule has 1 aliphatic heterocycles. The first kappa shape index (κ1) is 16.3. The number of anilines is 1. The summed E-state index contributed by atoms with van der Waals surface area (Å²) in [6.45, 7) is 6.92. The van der Waals surface area contributed by atoms with Crippen LogP contribution in [0.4, 0.5) is 5.82 Å². The lowest BCUT2D eigenvalue weighted by atomic mass is 10.1. The summed E-state index contributed by atoms with van der Waals surface area (Å²) in [5.41, 5.74) is 1.49. The first-order valence-electron chi connectivity index (χ1n) is 8.41. The number of carbonyl (C=O) groups excluding carboxylic acids is 1. The Morgan fingerprint density at radius 2 is 1.96 bits per heavy atom. The molecule has 0 spiro atoms. The summed E-state index contributed by atoms with van der Waals surface area (Å²) in [4.78, 5) is 20.9.